The first-order valence-electron chi connectivity index (χ1n) is 16.5. The Bertz CT molecular complexity index is 1960. The van der Waals surface area contributed by atoms with Gasteiger partial charge in [0.15, 0.2) is 0 Å². The van der Waals surface area contributed by atoms with Crippen LogP contribution in [-0.4, -0.2) is 0 Å². The summed E-state index contributed by atoms with van der Waals surface area (Å²) >= 11 is 0. The average Bonchev–Trinajstić information content (AvgIpc) is 3.08. The van der Waals surface area contributed by atoms with Crippen LogP contribution in [-0.2, 0) is 0 Å². The average molecular weight is 619 g/mol. The fraction of sp³-hybridized carbons (Fsp3) is 0.167. The van der Waals surface area contributed by atoms with E-state index >= 15 is 0 Å². The Kier molecular flexibility index (Phi) is 10.7. The van der Waals surface area contributed by atoms with Gasteiger partial charge < -0.3 is 0 Å². The SMILES string of the molecule is CC(C)(C)C(=C=Cc1ccccc1C#Cc1ccccc1)c1ccc(C(=C=Cc2ccccc2C#Cc2ccccc2)C(C)(C)C)cc1. The Balaban J connectivity index is 1.50. The highest BCUT2D eigenvalue weighted by Crippen LogP contribution is 2.37. The monoisotopic (exact) mass is 618 g/mol. The standard InChI is InChI=1S/C48H42/c1-47(2,3)45(35-33-41-23-15-13-21-39(41)27-25-37-17-9-7-10-18-37)43-29-31-44(32-30-43)46(48(4,5)6)36-34-42-24-16-14-22-40(42)28-26-38-19-11-8-12-20-38/h7-24,29-34H,1-6H3. The summed E-state index contributed by atoms with van der Waals surface area (Å²) in [5, 5.41) is 0. The maximum atomic E-state index is 3.67. The first-order valence-corrected chi connectivity index (χ1v) is 16.5. The van der Waals surface area contributed by atoms with Gasteiger partial charge in [-0.1, -0.05) is 162 Å². The van der Waals surface area contributed by atoms with Crippen molar-refractivity contribution in [1.29, 1.82) is 0 Å². The molecular formula is C48H42. The Hall–Kier alpha value is -5.74. The van der Waals surface area contributed by atoms with Gasteiger partial charge in [-0.15, -0.1) is 11.5 Å². The lowest BCUT2D eigenvalue weighted by Crippen LogP contribution is -2.09. The minimum absolute atomic E-state index is 0.115. The van der Waals surface area contributed by atoms with Crippen molar-refractivity contribution in [3.63, 3.8) is 0 Å². The van der Waals surface area contributed by atoms with Crippen LogP contribution in [0.3, 0.4) is 0 Å². The van der Waals surface area contributed by atoms with E-state index in [0.29, 0.717) is 0 Å². The molecule has 0 aliphatic heterocycles. The summed E-state index contributed by atoms with van der Waals surface area (Å²) in [6.45, 7) is 13.4. The molecule has 0 amide bonds. The van der Waals surface area contributed by atoms with Gasteiger partial charge in [0.1, 0.15) is 0 Å². The number of hydrogen-bond acceptors (Lipinski definition) is 0. The Morgan fingerprint density at radius 3 is 1.08 bits per heavy atom. The molecule has 0 unspecified atom stereocenters. The van der Waals surface area contributed by atoms with Crippen molar-refractivity contribution in [1.82, 2.24) is 0 Å². The normalized spacial score (nSPS) is 10.6. The second-order valence-corrected chi connectivity index (χ2v) is 13.8. The van der Waals surface area contributed by atoms with E-state index in [-0.39, 0.29) is 10.8 Å². The van der Waals surface area contributed by atoms with Crippen molar-refractivity contribution in [2.45, 2.75) is 41.5 Å². The highest BCUT2D eigenvalue weighted by molar-refractivity contribution is 5.77. The van der Waals surface area contributed by atoms with Crippen molar-refractivity contribution >= 4 is 23.3 Å². The van der Waals surface area contributed by atoms with Crippen molar-refractivity contribution in [3.05, 3.63) is 189 Å². The van der Waals surface area contributed by atoms with Gasteiger partial charge in [-0.2, -0.15) is 0 Å². The quantitative estimate of drug-likeness (QED) is 0.139. The van der Waals surface area contributed by atoms with Crippen LogP contribution in [0.5, 0.6) is 0 Å². The van der Waals surface area contributed by atoms with Gasteiger partial charge in [-0.25, -0.2) is 0 Å². The molecule has 0 bridgehead atoms. The molecular weight excluding hydrogens is 577 g/mol. The molecule has 0 heteroatoms. The molecule has 0 heterocycles. The van der Waals surface area contributed by atoms with Crippen LogP contribution in [0.4, 0.5) is 0 Å². The van der Waals surface area contributed by atoms with Crippen LogP contribution in [0.2, 0.25) is 0 Å². The van der Waals surface area contributed by atoms with E-state index in [0.717, 1.165) is 55.7 Å². The van der Waals surface area contributed by atoms with E-state index in [9.17, 15) is 0 Å². The molecule has 0 N–H and O–H groups in total. The predicted molar refractivity (Wildman–Crippen MR) is 206 cm³/mol. The van der Waals surface area contributed by atoms with Crippen molar-refractivity contribution in [2.24, 2.45) is 10.8 Å². The second-order valence-electron chi connectivity index (χ2n) is 13.8. The van der Waals surface area contributed by atoms with Crippen molar-refractivity contribution in [3.8, 4) is 23.7 Å². The van der Waals surface area contributed by atoms with Crippen molar-refractivity contribution in [2.75, 3.05) is 0 Å². The van der Waals surface area contributed by atoms with Crippen LogP contribution in [0, 0.1) is 34.5 Å². The maximum absolute atomic E-state index is 3.67. The van der Waals surface area contributed by atoms with Gasteiger partial charge in [0, 0.05) is 33.4 Å². The van der Waals surface area contributed by atoms with Gasteiger partial charge in [0.05, 0.1) is 0 Å². The maximum Gasteiger partial charge on any atom is 0.0327 e. The van der Waals surface area contributed by atoms with E-state index in [1.165, 1.54) is 0 Å². The van der Waals surface area contributed by atoms with Crippen LogP contribution >= 0.6 is 0 Å². The summed E-state index contributed by atoms with van der Waals surface area (Å²) in [4.78, 5) is 0. The van der Waals surface area contributed by atoms with Gasteiger partial charge in [0.25, 0.3) is 0 Å². The van der Waals surface area contributed by atoms with Crippen LogP contribution in [0.15, 0.2) is 145 Å². The third kappa shape index (κ3) is 9.17. The summed E-state index contributed by atoms with van der Waals surface area (Å²) in [5.41, 5.74) is 17.8. The van der Waals surface area contributed by atoms with E-state index in [1.54, 1.807) is 0 Å². The topological polar surface area (TPSA) is 0 Å². The molecule has 5 rings (SSSR count). The molecule has 0 radical (unpaired) electrons. The minimum atomic E-state index is -0.115. The number of benzene rings is 5. The summed E-state index contributed by atoms with van der Waals surface area (Å²) in [5.74, 6) is 13.3. The first kappa shape index (κ1) is 33.6. The molecule has 48 heavy (non-hydrogen) atoms. The number of rotatable bonds is 4. The van der Waals surface area contributed by atoms with Crippen LogP contribution in [0.25, 0.3) is 23.3 Å². The van der Waals surface area contributed by atoms with E-state index in [4.69, 9.17) is 0 Å². The van der Waals surface area contributed by atoms with E-state index in [2.05, 4.69) is 150 Å². The molecule has 234 valence electrons. The lowest BCUT2D eigenvalue weighted by atomic mass is 9.80. The predicted octanol–water partition coefficient (Wildman–Crippen LogP) is 12.0. The second kappa shape index (κ2) is 15.2. The van der Waals surface area contributed by atoms with E-state index < -0.39 is 0 Å². The zero-order chi connectivity index (χ0) is 34.0. The Morgan fingerprint density at radius 1 is 0.396 bits per heavy atom. The third-order valence-corrected chi connectivity index (χ3v) is 7.86. The highest BCUT2D eigenvalue weighted by Gasteiger charge is 2.21. The zero-order valence-electron chi connectivity index (χ0n) is 28.9. The molecule has 0 nitrogen and oxygen atoms in total. The molecule has 0 saturated heterocycles. The van der Waals surface area contributed by atoms with Gasteiger partial charge in [0.2, 0.25) is 0 Å². The molecule has 0 atom stereocenters. The first-order chi connectivity index (χ1) is 23.1. The summed E-state index contributed by atoms with van der Waals surface area (Å²) in [6.07, 6.45) is 4.15. The summed E-state index contributed by atoms with van der Waals surface area (Å²) in [7, 11) is 0. The van der Waals surface area contributed by atoms with Gasteiger partial charge in [-0.05, 0) is 81.6 Å². The zero-order valence-corrected chi connectivity index (χ0v) is 28.9. The molecule has 0 aromatic heterocycles. The lowest BCUT2D eigenvalue weighted by molar-refractivity contribution is 0.566. The van der Waals surface area contributed by atoms with Crippen molar-refractivity contribution < 1.29 is 0 Å². The molecule has 0 aliphatic carbocycles. The smallest absolute Gasteiger partial charge is 0.0327 e. The lowest BCUT2D eigenvalue weighted by Gasteiger charge is -2.24. The minimum Gasteiger partial charge on any atom is -0.115 e. The largest absolute Gasteiger partial charge is 0.115 e. The molecule has 5 aromatic carbocycles. The fourth-order valence-electron chi connectivity index (χ4n) is 5.36. The molecule has 0 aliphatic rings. The molecule has 0 fully saturated rings. The molecule has 0 saturated carbocycles. The van der Waals surface area contributed by atoms with Crippen LogP contribution < -0.4 is 0 Å². The number of allylic oxidation sites excluding steroid dienone is 2. The Labute approximate surface area is 287 Å². The van der Waals surface area contributed by atoms with Gasteiger partial charge >= 0.3 is 0 Å². The molecule has 0 spiro atoms. The summed E-state index contributed by atoms with van der Waals surface area (Å²) < 4.78 is 0. The summed E-state index contributed by atoms with van der Waals surface area (Å²) in [6, 6.07) is 45.5. The fourth-order valence-corrected chi connectivity index (χ4v) is 5.36. The van der Waals surface area contributed by atoms with Crippen LogP contribution in [0.1, 0.15) is 86.1 Å². The third-order valence-electron chi connectivity index (χ3n) is 7.86. The van der Waals surface area contributed by atoms with Gasteiger partial charge in [-0.3, -0.25) is 0 Å². The molecule has 5 aromatic rings. The highest BCUT2D eigenvalue weighted by atomic mass is 14.2. The number of hydrogen-bond donors (Lipinski definition) is 0. The van der Waals surface area contributed by atoms with E-state index in [1.807, 2.05) is 72.8 Å². The Morgan fingerprint density at radius 2 is 0.729 bits per heavy atom.